The van der Waals surface area contributed by atoms with Gasteiger partial charge in [0.15, 0.2) is 5.82 Å². The summed E-state index contributed by atoms with van der Waals surface area (Å²) < 4.78 is 8.04. The van der Waals surface area contributed by atoms with E-state index in [1.807, 2.05) is 75.8 Å². The van der Waals surface area contributed by atoms with Crippen molar-refractivity contribution in [1.29, 1.82) is 0 Å². The Hall–Kier alpha value is -2.73. The van der Waals surface area contributed by atoms with E-state index in [1.54, 1.807) is 0 Å². The Labute approximate surface area is 171 Å². The molecule has 152 valence electrons. The Morgan fingerprint density at radius 2 is 1.83 bits per heavy atom. The van der Waals surface area contributed by atoms with Crippen LogP contribution >= 0.6 is 0 Å². The molecule has 6 nitrogen and oxygen atoms in total. The lowest BCUT2D eigenvalue weighted by atomic mass is 9.80. The fourth-order valence-corrected chi connectivity index (χ4v) is 4.45. The minimum atomic E-state index is -0.319. The molecule has 4 rings (SSSR count). The van der Waals surface area contributed by atoms with Gasteiger partial charge < -0.3 is 14.5 Å². The van der Waals surface area contributed by atoms with Gasteiger partial charge in [-0.25, -0.2) is 4.98 Å². The predicted molar refractivity (Wildman–Crippen MR) is 114 cm³/mol. The van der Waals surface area contributed by atoms with E-state index in [0.29, 0.717) is 18.7 Å². The average Bonchev–Trinajstić information content (AvgIpc) is 3.00. The second-order valence-electron chi connectivity index (χ2n) is 9.21. The van der Waals surface area contributed by atoms with E-state index in [-0.39, 0.29) is 23.0 Å². The van der Waals surface area contributed by atoms with Crippen LogP contribution in [0.1, 0.15) is 46.2 Å². The number of imidazole rings is 1. The van der Waals surface area contributed by atoms with Crippen LogP contribution in [0, 0.1) is 12.8 Å². The standard InChI is InChI=1S/C23H28N4O2/c1-15-10-16(8-9-24-15)17-6-7-20-25-19(14-27(20)13-17)26-21(28)18-11-22(2,3)29-23(4,5)12-18/h6-10,13-14,18H,11-12H2,1-5H3,(H,26,28). The molecular formula is C23H28N4O2. The monoisotopic (exact) mass is 392 g/mol. The number of nitrogens with one attached hydrogen (secondary N) is 1. The van der Waals surface area contributed by atoms with Crippen molar-refractivity contribution in [2.75, 3.05) is 5.32 Å². The highest BCUT2D eigenvalue weighted by Crippen LogP contribution is 2.38. The molecule has 1 saturated heterocycles. The van der Waals surface area contributed by atoms with Gasteiger partial charge in [-0.1, -0.05) is 0 Å². The van der Waals surface area contributed by atoms with E-state index >= 15 is 0 Å². The molecule has 3 aromatic rings. The van der Waals surface area contributed by atoms with E-state index in [2.05, 4.69) is 21.4 Å². The summed E-state index contributed by atoms with van der Waals surface area (Å²) in [6, 6.07) is 8.03. The fourth-order valence-electron chi connectivity index (χ4n) is 4.45. The van der Waals surface area contributed by atoms with Gasteiger partial charge in [0.05, 0.1) is 17.4 Å². The molecule has 0 unspecified atom stereocenters. The Morgan fingerprint density at radius 3 is 2.52 bits per heavy atom. The molecule has 0 radical (unpaired) electrons. The SMILES string of the molecule is Cc1cc(-c2ccc3nc(NC(=O)C4CC(C)(C)OC(C)(C)C4)cn3c2)ccn1. The summed E-state index contributed by atoms with van der Waals surface area (Å²) in [4.78, 5) is 21.7. The van der Waals surface area contributed by atoms with E-state index < -0.39 is 0 Å². The number of rotatable bonds is 3. The van der Waals surface area contributed by atoms with E-state index in [0.717, 1.165) is 22.5 Å². The van der Waals surface area contributed by atoms with Gasteiger partial charge in [0.2, 0.25) is 5.91 Å². The summed E-state index contributed by atoms with van der Waals surface area (Å²) in [5.74, 6) is 0.469. The number of carbonyl (C=O) groups is 1. The van der Waals surface area contributed by atoms with Crippen LogP contribution < -0.4 is 5.32 Å². The van der Waals surface area contributed by atoms with E-state index in [9.17, 15) is 4.79 Å². The number of pyridine rings is 2. The maximum atomic E-state index is 12.9. The molecule has 1 fully saturated rings. The number of hydrogen-bond acceptors (Lipinski definition) is 4. The summed E-state index contributed by atoms with van der Waals surface area (Å²) in [7, 11) is 0. The lowest BCUT2D eigenvalue weighted by Gasteiger charge is -2.44. The molecule has 6 heteroatoms. The number of amides is 1. The highest BCUT2D eigenvalue weighted by atomic mass is 16.5. The largest absolute Gasteiger partial charge is 0.370 e. The van der Waals surface area contributed by atoms with Crippen LogP contribution in [0.15, 0.2) is 42.9 Å². The zero-order chi connectivity index (χ0) is 20.8. The molecule has 1 aliphatic rings. The zero-order valence-electron chi connectivity index (χ0n) is 17.7. The summed E-state index contributed by atoms with van der Waals surface area (Å²) >= 11 is 0. The van der Waals surface area contributed by atoms with Gasteiger partial charge >= 0.3 is 0 Å². The van der Waals surface area contributed by atoms with Gasteiger partial charge in [-0.2, -0.15) is 0 Å². The second kappa shape index (κ2) is 6.95. The fraction of sp³-hybridized carbons (Fsp3) is 0.435. The first kappa shape index (κ1) is 19.6. The van der Waals surface area contributed by atoms with E-state index in [1.165, 1.54) is 0 Å². The van der Waals surface area contributed by atoms with Crippen molar-refractivity contribution >= 4 is 17.4 Å². The highest BCUT2D eigenvalue weighted by molar-refractivity contribution is 5.92. The van der Waals surface area contributed by atoms with Crippen LogP contribution in [-0.4, -0.2) is 31.5 Å². The van der Waals surface area contributed by atoms with Gasteiger partial charge in [-0.15, -0.1) is 0 Å². The number of carbonyl (C=O) groups excluding carboxylic acids is 1. The van der Waals surface area contributed by atoms with E-state index in [4.69, 9.17) is 4.74 Å². The minimum absolute atomic E-state index is 0.00263. The summed E-state index contributed by atoms with van der Waals surface area (Å²) in [5, 5.41) is 3.01. The van der Waals surface area contributed by atoms with Crippen molar-refractivity contribution < 1.29 is 9.53 Å². The number of fused-ring (bicyclic) bond motifs is 1. The summed E-state index contributed by atoms with van der Waals surface area (Å²) in [5.41, 5.74) is 3.31. The molecule has 0 aromatic carbocycles. The minimum Gasteiger partial charge on any atom is -0.370 e. The molecule has 0 aliphatic carbocycles. The lowest BCUT2D eigenvalue weighted by molar-refractivity contribution is -0.176. The topological polar surface area (TPSA) is 68.5 Å². The van der Waals surface area contributed by atoms with Crippen LogP contribution in [0.4, 0.5) is 5.82 Å². The molecule has 0 atom stereocenters. The van der Waals surface area contributed by atoms with Crippen molar-refractivity contribution in [3.8, 4) is 11.1 Å². The van der Waals surface area contributed by atoms with Crippen molar-refractivity contribution in [3.05, 3.63) is 48.5 Å². The van der Waals surface area contributed by atoms with Crippen LogP contribution in [0.2, 0.25) is 0 Å². The van der Waals surface area contributed by atoms with Gasteiger partial charge in [0.1, 0.15) is 5.65 Å². The molecule has 0 spiro atoms. The molecule has 1 aliphatic heterocycles. The van der Waals surface area contributed by atoms with Crippen LogP contribution in [0.3, 0.4) is 0 Å². The maximum Gasteiger partial charge on any atom is 0.228 e. The first-order chi connectivity index (χ1) is 13.6. The summed E-state index contributed by atoms with van der Waals surface area (Å²) in [6.07, 6.45) is 7.08. The number of nitrogens with zero attached hydrogens (tertiary/aromatic N) is 3. The van der Waals surface area contributed by atoms with Crippen LogP contribution in [0.5, 0.6) is 0 Å². The molecule has 1 N–H and O–H groups in total. The van der Waals surface area contributed by atoms with Crippen LogP contribution in [-0.2, 0) is 9.53 Å². The Balaban J connectivity index is 1.55. The number of aromatic nitrogens is 3. The molecular weight excluding hydrogens is 364 g/mol. The number of ether oxygens (including phenoxy) is 1. The first-order valence-electron chi connectivity index (χ1n) is 10.0. The predicted octanol–water partition coefficient (Wildman–Crippen LogP) is 4.63. The molecule has 29 heavy (non-hydrogen) atoms. The number of anilines is 1. The average molecular weight is 393 g/mol. The third-order valence-electron chi connectivity index (χ3n) is 5.33. The van der Waals surface area contributed by atoms with Gasteiger partial charge in [0, 0.05) is 24.0 Å². The number of hydrogen-bond donors (Lipinski definition) is 1. The second-order valence-corrected chi connectivity index (χ2v) is 9.21. The van der Waals surface area contributed by atoms with Gasteiger partial charge in [-0.05, 0) is 82.9 Å². The molecule has 0 saturated carbocycles. The van der Waals surface area contributed by atoms with Crippen molar-refractivity contribution in [3.63, 3.8) is 0 Å². The third-order valence-corrected chi connectivity index (χ3v) is 5.33. The Kier molecular flexibility index (Phi) is 4.69. The van der Waals surface area contributed by atoms with Gasteiger partial charge in [-0.3, -0.25) is 9.78 Å². The Bertz CT molecular complexity index is 1050. The Morgan fingerprint density at radius 1 is 1.10 bits per heavy atom. The zero-order valence-corrected chi connectivity index (χ0v) is 17.7. The lowest BCUT2D eigenvalue weighted by Crippen LogP contribution is -2.48. The normalized spacial score (nSPS) is 18.7. The van der Waals surface area contributed by atoms with Crippen LogP contribution in [0.25, 0.3) is 16.8 Å². The molecule has 0 bridgehead atoms. The van der Waals surface area contributed by atoms with Gasteiger partial charge in [0.25, 0.3) is 0 Å². The highest BCUT2D eigenvalue weighted by Gasteiger charge is 2.42. The molecule has 3 aromatic heterocycles. The number of aryl methyl sites for hydroxylation is 1. The maximum absolute atomic E-state index is 12.9. The van der Waals surface area contributed by atoms with Crippen molar-refractivity contribution in [2.45, 2.75) is 58.7 Å². The molecule has 1 amide bonds. The first-order valence-corrected chi connectivity index (χ1v) is 10.0. The smallest absolute Gasteiger partial charge is 0.228 e. The van der Waals surface area contributed by atoms with Crippen molar-refractivity contribution in [1.82, 2.24) is 14.4 Å². The third kappa shape index (κ3) is 4.32. The summed E-state index contributed by atoms with van der Waals surface area (Å²) in [6.45, 7) is 10.2. The van der Waals surface area contributed by atoms with Crippen molar-refractivity contribution in [2.24, 2.45) is 5.92 Å². The quantitative estimate of drug-likeness (QED) is 0.706. The molecule has 4 heterocycles.